The van der Waals surface area contributed by atoms with Gasteiger partial charge in [0.05, 0.1) is 23.4 Å². The number of carboxylic acids is 1. The van der Waals surface area contributed by atoms with Crippen LogP contribution in [0.4, 0.5) is 13.2 Å². The Kier molecular flexibility index (Phi) is 6.46. The van der Waals surface area contributed by atoms with Crippen LogP contribution in [-0.4, -0.2) is 30.8 Å². The van der Waals surface area contributed by atoms with Crippen LogP contribution in [0.3, 0.4) is 0 Å². The molecule has 190 valence electrons. The summed E-state index contributed by atoms with van der Waals surface area (Å²) in [5.74, 6) is -3.33. The van der Waals surface area contributed by atoms with E-state index in [4.69, 9.17) is 9.84 Å². The average molecular weight is 527 g/mol. The minimum atomic E-state index is -0.897. The summed E-state index contributed by atoms with van der Waals surface area (Å²) in [6.07, 6.45) is 1.97. The fourth-order valence-corrected chi connectivity index (χ4v) is 5.07. The molecule has 2 N–H and O–H groups in total. The van der Waals surface area contributed by atoms with Gasteiger partial charge in [0.2, 0.25) is 0 Å². The number of rotatable bonds is 8. The van der Waals surface area contributed by atoms with Crippen molar-refractivity contribution in [1.82, 2.24) is 19.7 Å². The van der Waals surface area contributed by atoms with Crippen LogP contribution in [0.1, 0.15) is 34.8 Å². The van der Waals surface area contributed by atoms with Crippen molar-refractivity contribution in [2.45, 2.75) is 25.7 Å². The number of benzene rings is 2. The Labute approximate surface area is 213 Å². The fraction of sp³-hybridized carbons (Fsp3) is 0.192. The second kappa shape index (κ2) is 9.74. The molecule has 0 radical (unpaired) electrons. The zero-order valence-electron chi connectivity index (χ0n) is 19.8. The number of nitrogens with zero attached hydrogens (tertiary/aromatic N) is 3. The molecular formula is C26H21F3N4O3S. The number of aliphatic carboxylic acids is 1. The number of halogens is 3. The summed E-state index contributed by atoms with van der Waals surface area (Å²) in [7, 11) is 1.62. The van der Waals surface area contributed by atoms with Crippen LogP contribution in [0, 0.1) is 17.5 Å². The molecule has 0 fully saturated rings. The second-order valence-corrected chi connectivity index (χ2v) is 9.72. The zero-order valence-corrected chi connectivity index (χ0v) is 20.6. The minimum Gasteiger partial charge on any atom is -0.481 e. The van der Waals surface area contributed by atoms with Crippen molar-refractivity contribution < 1.29 is 27.8 Å². The number of nitrogens with one attached hydrogen (secondary N) is 1. The van der Waals surface area contributed by atoms with E-state index in [-0.39, 0.29) is 34.9 Å². The predicted octanol–water partition coefficient (Wildman–Crippen LogP) is 6.40. The number of carbonyl (C=O) groups is 1. The molecule has 1 atom stereocenters. The standard InChI is InChI=1S/C26H21F3N4O3S/c1-13(21-7-4-15(37-21)5-8-22(34)35)25-31-26(33(2)32-25)17-11-14(3-6-18(17)27)36-24-19(28)12-20-16(23(24)29)9-10-30-20/h3-4,6-7,9-13,30H,5,8H2,1-2H3,(H,34,35)/t13-/m1/s1. The van der Waals surface area contributed by atoms with E-state index in [1.54, 1.807) is 7.05 Å². The molecule has 0 saturated carbocycles. The second-order valence-electron chi connectivity index (χ2n) is 8.52. The maximum atomic E-state index is 14.9. The van der Waals surface area contributed by atoms with Crippen molar-refractivity contribution in [3.05, 3.63) is 81.7 Å². The summed E-state index contributed by atoms with van der Waals surface area (Å²) in [6, 6.07) is 10.1. The first-order valence-corrected chi connectivity index (χ1v) is 12.2. The van der Waals surface area contributed by atoms with E-state index >= 15 is 0 Å². The van der Waals surface area contributed by atoms with Gasteiger partial charge >= 0.3 is 5.97 Å². The number of aryl methyl sites for hydroxylation is 2. The van der Waals surface area contributed by atoms with Crippen LogP contribution >= 0.6 is 11.3 Å². The molecule has 2 aromatic carbocycles. The first-order valence-electron chi connectivity index (χ1n) is 11.4. The lowest BCUT2D eigenvalue weighted by Crippen LogP contribution is -1.99. The molecule has 0 unspecified atom stereocenters. The third-order valence-electron chi connectivity index (χ3n) is 5.96. The van der Waals surface area contributed by atoms with Gasteiger partial charge in [-0.2, -0.15) is 5.10 Å². The molecule has 0 aliphatic heterocycles. The lowest BCUT2D eigenvalue weighted by Gasteiger charge is -2.10. The Bertz CT molecular complexity index is 1620. The number of thiophene rings is 1. The number of fused-ring (bicyclic) bond motifs is 1. The van der Waals surface area contributed by atoms with Crippen LogP contribution in [0.15, 0.2) is 48.7 Å². The summed E-state index contributed by atoms with van der Waals surface area (Å²) in [5.41, 5.74) is 0.352. The molecule has 0 saturated heterocycles. The molecule has 37 heavy (non-hydrogen) atoms. The maximum absolute atomic E-state index is 14.9. The summed E-state index contributed by atoms with van der Waals surface area (Å²) in [6.45, 7) is 1.91. The van der Waals surface area contributed by atoms with Gasteiger partial charge in [-0.15, -0.1) is 11.3 Å². The highest BCUT2D eigenvalue weighted by molar-refractivity contribution is 7.12. The van der Waals surface area contributed by atoms with Crippen LogP contribution in [0.2, 0.25) is 0 Å². The number of H-pyrrole nitrogens is 1. The third-order valence-corrected chi connectivity index (χ3v) is 7.29. The lowest BCUT2D eigenvalue weighted by molar-refractivity contribution is -0.136. The van der Waals surface area contributed by atoms with Crippen molar-refractivity contribution in [1.29, 1.82) is 0 Å². The van der Waals surface area contributed by atoms with Gasteiger partial charge in [-0.3, -0.25) is 4.79 Å². The Morgan fingerprint density at radius 1 is 1.16 bits per heavy atom. The van der Waals surface area contributed by atoms with Gasteiger partial charge < -0.3 is 14.8 Å². The Hall–Kier alpha value is -4.12. The Balaban J connectivity index is 1.43. The van der Waals surface area contributed by atoms with Gasteiger partial charge in [0.25, 0.3) is 0 Å². The van der Waals surface area contributed by atoms with Crippen molar-refractivity contribution in [2.24, 2.45) is 7.05 Å². The normalized spacial score (nSPS) is 12.2. The quantitative estimate of drug-likeness (QED) is 0.244. The molecule has 7 nitrogen and oxygen atoms in total. The van der Waals surface area contributed by atoms with Crippen molar-refractivity contribution in [3.63, 3.8) is 0 Å². The van der Waals surface area contributed by atoms with Gasteiger partial charge in [-0.1, -0.05) is 6.92 Å². The van der Waals surface area contributed by atoms with Crippen LogP contribution in [0.25, 0.3) is 22.3 Å². The van der Waals surface area contributed by atoms with Gasteiger partial charge in [-0.05, 0) is 42.8 Å². The largest absolute Gasteiger partial charge is 0.481 e. The van der Waals surface area contributed by atoms with E-state index < -0.39 is 29.2 Å². The van der Waals surface area contributed by atoms with Crippen molar-refractivity contribution in [2.75, 3.05) is 0 Å². The molecule has 3 heterocycles. The highest BCUT2D eigenvalue weighted by Gasteiger charge is 2.22. The predicted molar refractivity (Wildman–Crippen MR) is 132 cm³/mol. The first kappa shape index (κ1) is 24.6. The van der Waals surface area contributed by atoms with Gasteiger partial charge in [0.15, 0.2) is 29.0 Å². The fourth-order valence-electron chi connectivity index (χ4n) is 4.00. The van der Waals surface area contributed by atoms with Crippen LogP contribution in [-0.2, 0) is 18.3 Å². The molecular weight excluding hydrogens is 505 g/mol. The van der Waals surface area contributed by atoms with E-state index in [1.807, 2.05) is 19.1 Å². The van der Waals surface area contributed by atoms with E-state index in [2.05, 4.69) is 15.1 Å². The van der Waals surface area contributed by atoms with E-state index in [0.29, 0.717) is 17.8 Å². The number of hydrogen-bond donors (Lipinski definition) is 2. The Morgan fingerprint density at radius 3 is 2.76 bits per heavy atom. The number of carboxylic acid groups (broad SMARTS) is 1. The van der Waals surface area contributed by atoms with E-state index in [0.717, 1.165) is 21.9 Å². The molecule has 0 aliphatic carbocycles. The summed E-state index contributed by atoms with van der Waals surface area (Å²) in [4.78, 5) is 20.0. The number of hydrogen-bond acceptors (Lipinski definition) is 5. The smallest absolute Gasteiger partial charge is 0.303 e. The minimum absolute atomic E-state index is 0.0306. The Morgan fingerprint density at radius 2 is 1.97 bits per heavy atom. The van der Waals surface area contributed by atoms with Gasteiger partial charge in [0, 0.05) is 34.5 Å². The zero-order chi connectivity index (χ0) is 26.3. The first-order chi connectivity index (χ1) is 17.7. The van der Waals surface area contributed by atoms with Gasteiger partial charge in [-0.25, -0.2) is 22.8 Å². The highest BCUT2D eigenvalue weighted by atomic mass is 32.1. The molecule has 5 aromatic rings. The van der Waals surface area contributed by atoms with E-state index in [9.17, 15) is 18.0 Å². The number of aromatic nitrogens is 4. The number of ether oxygens (including phenoxy) is 1. The number of aromatic amines is 1. The lowest BCUT2D eigenvalue weighted by atomic mass is 10.1. The molecule has 3 aromatic heterocycles. The molecule has 5 rings (SSSR count). The molecule has 0 aliphatic rings. The molecule has 0 spiro atoms. The van der Waals surface area contributed by atoms with Crippen molar-refractivity contribution >= 4 is 28.2 Å². The molecule has 11 heteroatoms. The van der Waals surface area contributed by atoms with Crippen LogP contribution in [0.5, 0.6) is 11.5 Å². The SMILES string of the molecule is C[C@@H](c1nc(-c2cc(Oc3c(F)cc4[nH]ccc4c3F)ccc2F)n(C)n1)c1ccc(CCC(=O)O)s1. The third kappa shape index (κ3) is 4.82. The molecule has 0 amide bonds. The van der Waals surface area contributed by atoms with Gasteiger partial charge in [0.1, 0.15) is 11.6 Å². The monoisotopic (exact) mass is 526 g/mol. The topological polar surface area (TPSA) is 93.0 Å². The van der Waals surface area contributed by atoms with Crippen molar-refractivity contribution in [3.8, 4) is 22.9 Å². The molecule has 0 bridgehead atoms. The van der Waals surface area contributed by atoms with Crippen LogP contribution < -0.4 is 4.74 Å². The average Bonchev–Trinajstić information content (AvgIpc) is 3.61. The summed E-state index contributed by atoms with van der Waals surface area (Å²) < 4.78 is 51.2. The van der Waals surface area contributed by atoms with E-state index in [1.165, 1.54) is 40.4 Å². The highest BCUT2D eigenvalue weighted by Crippen LogP contribution is 2.36. The maximum Gasteiger partial charge on any atom is 0.303 e. The summed E-state index contributed by atoms with van der Waals surface area (Å²) >= 11 is 1.48. The summed E-state index contributed by atoms with van der Waals surface area (Å²) in [5, 5.41) is 13.5.